The highest BCUT2D eigenvalue weighted by molar-refractivity contribution is 5.92. The van der Waals surface area contributed by atoms with Crippen molar-refractivity contribution in [1.29, 1.82) is 0 Å². The number of para-hydroxylation sites is 1. The summed E-state index contributed by atoms with van der Waals surface area (Å²) in [5, 5.41) is 14.9. The van der Waals surface area contributed by atoms with Crippen molar-refractivity contribution in [1.82, 2.24) is 9.97 Å². The third-order valence-electron chi connectivity index (χ3n) is 3.66. The summed E-state index contributed by atoms with van der Waals surface area (Å²) in [7, 11) is 0. The van der Waals surface area contributed by atoms with E-state index in [0.29, 0.717) is 23.1 Å². The van der Waals surface area contributed by atoms with E-state index in [0.717, 1.165) is 10.9 Å². The summed E-state index contributed by atoms with van der Waals surface area (Å²) < 4.78 is 5.38. The largest absolute Gasteiger partial charge is 0.461 e. The zero-order chi connectivity index (χ0) is 17.2. The van der Waals surface area contributed by atoms with Crippen molar-refractivity contribution in [3.8, 4) is 11.6 Å². The van der Waals surface area contributed by atoms with Crippen LogP contribution in [0.1, 0.15) is 0 Å². The summed E-state index contributed by atoms with van der Waals surface area (Å²) in [6.45, 7) is 0. The molecular formula is C18H12N4O3. The Bertz CT molecular complexity index is 1060. The Morgan fingerprint density at radius 3 is 2.68 bits per heavy atom. The molecule has 2 heterocycles. The lowest BCUT2D eigenvalue weighted by Crippen LogP contribution is -1.99. The number of hydrogen-bond donors (Lipinski definition) is 1. The number of aromatic nitrogens is 2. The van der Waals surface area contributed by atoms with Gasteiger partial charge in [-0.3, -0.25) is 10.1 Å². The number of nitro benzene ring substituents is 1. The average Bonchev–Trinajstić information content (AvgIpc) is 3.16. The average molecular weight is 332 g/mol. The summed E-state index contributed by atoms with van der Waals surface area (Å²) in [6.07, 6.45) is 1.56. The number of nitrogens with zero attached hydrogens (tertiary/aromatic N) is 3. The van der Waals surface area contributed by atoms with Crippen molar-refractivity contribution in [2.45, 2.75) is 0 Å². The van der Waals surface area contributed by atoms with Gasteiger partial charge in [-0.1, -0.05) is 18.2 Å². The Hall–Kier alpha value is -3.74. The Labute approximate surface area is 142 Å². The molecule has 0 saturated heterocycles. The SMILES string of the molecule is O=[N+]([O-])c1cccc(Nc2nc(-c3ccco3)nc3ccccc23)c1. The number of benzene rings is 2. The van der Waals surface area contributed by atoms with Gasteiger partial charge in [0.05, 0.1) is 16.7 Å². The van der Waals surface area contributed by atoms with E-state index >= 15 is 0 Å². The van der Waals surface area contributed by atoms with Crippen molar-refractivity contribution >= 4 is 28.1 Å². The number of fused-ring (bicyclic) bond motifs is 1. The van der Waals surface area contributed by atoms with Crippen molar-refractivity contribution in [2.75, 3.05) is 5.32 Å². The highest BCUT2D eigenvalue weighted by atomic mass is 16.6. The van der Waals surface area contributed by atoms with Crippen LogP contribution in [-0.2, 0) is 0 Å². The fourth-order valence-corrected chi connectivity index (χ4v) is 2.52. The van der Waals surface area contributed by atoms with Crippen LogP contribution in [0.25, 0.3) is 22.5 Å². The number of rotatable bonds is 4. The Kier molecular flexibility index (Phi) is 3.59. The van der Waals surface area contributed by atoms with Crippen molar-refractivity contribution < 1.29 is 9.34 Å². The van der Waals surface area contributed by atoms with E-state index in [4.69, 9.17) is 4.42 Å². The summed E-state index contributed by atoms with van der Waals surface area (Å²) >= 11 is 0. The minimum Gasteiger partial charge on any atom is -0.461 e. The molecule has 0 atom stereocenters. The number of anilines is 2. The van der Waals surface area contributed by atoms with Crippen LogP contribution >= 0.6 is 0 Å². The van der Waals surface area contributed by atoms with Gasteiger partial charge in [0.25, 0.3) is 5.69 Å². The molecule has 1 N–H and O–H groups in total. The Morgan fingerprint density at radius 1 is 1.00 bits per heavy atom. The topological polar surface area (TPSA) is 94.1 Å². The molecule has 0 saturated carbocycles. The molecule has 7 nitrogen and oxygen atoms in total. The van der Waals surface area contributed by atoms with Gasteiger partial charge in [0.1, 0.15) is 5.82 Å². The number of furan rings is 1. The quantitative estimate of drug-likeness (QED) is 0.435. The van der Waals surface area contributed by atoms with Crippen LogP contribution in [0.15, 0.2) is 71.3 Å². The Morgan fingerprint density at radius 2 is 1.88 bits per heavy atom. The molecule has 0 aliphatic rings. The second kappa shape index (κ2) is 6.04. The highest BCUT2D eigenvalue weighted by Crippen LogP contribution is 2.28. The molecule has 0 spiro atoms. The van der Waals surface area contributed by atoms with Crippen LogP contribution in [0.5, 0.6) is 0 Å². The molecule has 0 aliphatic carbocycles. The van der Waals surface area contributed by atoms with E-state index in [9.17, 15) is 10.1 Å². The number of nitro groups is 1. The van der Waals surface area contributed by atoms with Crippen molar-refractivity contribution in [2.24, 2.45) is 0 Å². The van der Waals surface area contributed by atoms with Gasteiger partial charge < -0.3 is 9.73 Å². The normalized spacial score (nSPS) is 10.7. The lowest BCUT2D eigenvalue weighted by molar-refractivity contribution is -0.384. The zero-order valence-corrected chi connectivity index (χ0v) is 12.9. The number of hydrogen-bond acceptors (Lipinski definition) is 6. The molecule has 4 aromatic rings. The van der Waals surface area contributed by atoms with E-state index in [1.807, 2.05) is 24.3 Å². The lowest BCUT2D eigenvalue weighted by Gasteiger charge is -2.10. The maximum Gasteiger partial charge on any atom is 0.271 e. The fourth-order valence-electron chi connectivity index (χ4n) is 2.52. The van der Waals surface area contributed by atoms with Crippen LogP contribution in [0.4, 0.5) is 17.2 Å². The zero-order valence-electron chi connectivity index (χ0n) is 12.9. The molecule has 0 aliphatic heterocycles. The molecule has 4 rings (SSSR count). The van der Waals surface area contributed by atoms with Gasteiger partial charge in [0, 0.05) is 23.2 Å². The van der Waals surface area contributed by atoms with E-state index < -0.39 is 4.92 Å². The summed E-state index contributed by atoms with van der Waals surface area (Å²) in [6, 6.07) is 17.4. The molecule has 122 valence electrons. The molecule has 2 aromatic heterocycles. The van der Waals surface area contributed by atoms with Crippen LogP contribution in [0.2, 0.25) is 0 Å². The van der Waals surface area contributed by atoms with Gasteiger partial charge in [0.15, 0.2) is 11.6 Å². The third kappa shape index (κ3) is 2.90. The van der Waals surface area contributed by atoms with Gasteiger partial charge in [0.2, 0.25) is 0 Å². The first-order chi connectivity index (χ1) is 12.2. The molecule has 0 radical (unpaired) electrons. The molecule has 0 fully saturated rings. The maximum atomic E-state index is 11.0. The molecule has 0 bridgehead atoms. The second-order valence-corrected chi connectivity index (χ2v) is 5.32. The van der Waals surface area contributed by atoms with E-state index in [1.54, 1.807) is 30.5 Å². The van der Waals surface area contributed by atoms with Gasteiger partial charge in [-0.2, -0.15) is 0 Å². The van der Waals surface area contributed by atoms with Gasteiger partial charge in [-0.05, 0) is 30.3 Å². The summed E-state index contributed by atoms with van der Waals surface area (Å²) in [4.78, 5) is 19.6. The molecule has 2 aromatic carbocycles. The third-order valence-corrected chi connectivity index (χ3v) is 3.66. The van der Waals surface area contributed by atoms with Gasteiger partial charge >= 0.3 is 0 Å². The lowest BCUT2D eigenvalue weighted by atomic mass is 10.2. The molecule has 25 heavy (non-hydrogen) atoms. The molecular weight excluding hydrogens is 320 g/mol. The minimum absolute atomic E-state index is 0.00891. The molecule has 7 heteroatoms. The van der Waals surface area contributed by atoms with Crippen LogP contribution in [0.3, 0.4) is 0 Å². The predicted molar refractivity (Wildman–Crippen MR) is 93.6 cm³/mol. The molecule has 0 amide bonds. The van der Waals surface area contributed by atoms with Crippen LogP contribution < -0.4 is 5.32 Å². The monoisotopic (exact) mass is 332 g/mol. The van der Waals surface area contributed by atoms with E-state index in [2.05, 4.69) is 15.3 Å². The number of nitrogens with one attached hydrogen (secondary N) is 1. The standard InChI is InChI=1S/C18H12N4O3/c23-22(24)13-6-3-5-12(11-13)19-17-14-7-1-2-8-15(14)20-18(21-17)16-9-4-10-25-16/h1-11H,(H,19,20,21). The van der Waals surface area contributed by atoms with E-state index in [-0.39, 0.29) is 5.69 Å². The second-order valence-electron chi connectivity index (χ2n) is 5.32. The van der Waals surface area contributed by atoms with Crippen LogP contribution in [0, 0.1) is 10.1 Å². The Balaban J connectivity index is 1.83. The first-order valence-corrected chi connectivity index (χ1v) is 7.53. The predicted octanol–water partition coefficient (Wildman–Crippen LogP) is 4.54. The summed E-state index contributed by atoms with van der Waals surface area (Å²) in [5.74, 6) is 1.54. The molecule has 0 unspecified atom stereocenters. The highest BCUT2D eigenvalue weighted by Gasteiger charge is 2.12. The van der Waals surface area contributed by atoms with Crippen LogP contribution in [-0.4, -0.2) is 14.9 Å². The first-order valence-electron chi connectivity index (χ1n) is 7.53. The number of non-ortho nitro benzene ring substituents is 1. The van der Waals surface area contributed by atoms with Crippen molar-refractivity contribution in [3.05, 3.63) is 77.0 Å². The van der Waals surface area contributed by atoms with Gasteiger partial charge in [-0.25, -0.2) is 9.97 Å². The fraction of sp³-hybridized carbons (Fsp3) is 0. The smallest absolute Gasteiger partial charge is 0.271 e. The summed E-state index contributed by atoms with van der Waals surface area (Å²) in [5.41, 5.74) is 1.33. The first kappa shape index (κ1) is 14.8. The van der Waals surface area contributed by atoms with Crippen molar-refractivity contribution in [3.63, 3.8) is 0 Å². The van der Waals surface area contributed by atoms with Gasteiger partial charge in [-0.15, -0.1) is 0 Å². The van der Waals surface area contributed by atoms with E-state index in [1.165, 1.54) is 12.1 Å². The minimum atomic E-state index is -0.433. The maximum absolute atomic E-state index is 11.0.